The van der Waals surface area contributed by atoms with Crippen molar-refractivity contribution in [1.82, 2.24) is 15.2 Å². The largest absolute Gasteiger partial charge is 0.497 e. The minimum atomic E-state index is -0.207. The molecule has 0 saturated carbocycles. The molecular weight excluding hydrogens is 452 g/mol. The average Bonchev–Trinajstić information content (AvgIpc) is 3.63. The molecular formula is C25H22N4O4S. The number of ether oxygens (including phenoxy) is 1. The normalized spacial score (nSPS) is 15.4. The smallest absolute Gasteiger partial charge is 0.277 e. The number of carbonyl (C=O) groups excluding carboxylic acids is 1. The van der Waals surface area contributed by atoms with Gasteiger partial charge in [0, 0.05) is 6.42 Å². The molecule has 172 valence electrons. The van der Waals surface area contributed by atoms with E-state index in [1.165, 1.54) is 11.8 Å². The van der Waals surface area contributed by atoms with Gasteiger partial charge in [0.1, 0.15) is 11.5 Å². The van der Waals surface area contributed by atoms with E-state index in [1.54, 1.807) is 24.4 Å². The molecule has 1 amide bonds. The first-order chi connectivity index (χ1) is 16.6. The number of aryl methyl sites for hydroxylation is 1. The Hall–Kier alpha value is -3.85. The second-order valence-corrected chi connectivity index (χ2v) is 8.62. The molecule has 0 aliphatic carbocycles. The van der Waals surface area contributed by atoms with Crippen LogP contribution in [-0.4, -0.2) is 39.7 Å². The highest BCUT2D eigenvalue weighted by Crippen LogP contribution is 2.34. The minimum Gasteiger partial charge on any atom is -0.497 e. The molecule has 2 aromatic carbocycles. The number of furan rings is 1. The number of hydrogen-bond acceptors (Lipinski definition) is 8. The van der Waals surface area contributed by atoms with E-state index in [0.717, 1.165) is 28.2 Å². The van der Waals surface area contributed by atoms with Crippen molar-refractivity contribution in [3.63, 3.8) is 0 Å². The van der Waals surface area contributed by atoms with Crippen molar-refractivity contribution in [3.8, 4) is 17.2 Å². The summed E-state index contributed by atoms with van der Waals surface area (Å²) in [5, 5.41) is 14.7. The third-order valence-electron chi connectivity index (χ3n) is 5.59. The summed E-state index contributed by atoms with van der Waals surface area (Å²) in [6, 6.07) is 19.2. The first-order valence-corrected chi connectivity index (χ1v) is 11.7. The van der Waals surface area contributed by atoms with Gasteiger partial charge in [-0.3, -0.25) is 4.79 Å². The summed E-state index contributed by atoms with van der Waals surface area (Å²) in [4.78, 5) is 13.3. The van der Waals surface area contributed by atoms with Gasteiger partial charge in [0.15, 0.2) is 0 Å². The summed E-state index contributed by atoms with van der Waals surface area (Å²) in [6.45, 7) is 1.82. The number of benzene rings is 2. The molecule has 34 heavy (non-hydrogen) atoms. The highest BCUT2D eigenvalue weighted by Gasteiger charge is 2.33. The molecule has 3 heterocycles. The molecule has 0 unspecified atom stereocenters. The van der Waals surface area contributed by atoms with E-state index in [2.05, 4.69) is 10.2 Å². The van der Waals surface area contributed by atoms with Crippen LogP contribution in [0.2, 0.25) is 0 Å². The standard InChI is InChI=1S/C25H22N4O4S/c1-16-20(12-13-32-16)24-26-27-25(33-24)34-15-23(30)29-22(18-8-10-19(31-2)11-9-18)14-21(28-29)17-6-4-3-5-7-17/h3-13,22H,14-15H2,1-2H3/t22-/m1/s1. The minimum absolute atomic E-state index is 0.115. The first kappa shape index (κ1) is 22.0. The molecule has 0 saturated heterocycles. The summed E-state index contributed by atoms with van der Waals surface area (Å²) >= 11 is 1.19. The lowest BCUT2D eigenvalue weighted by Gasteiger charge is -2.22. The predicted octanol–water partition coefficient (Wildman–Crippen LogP) is 5.12. The molecule has 0 radical (unpaired) electrons. The summed E-state index contributed by atoms with van der Waals surface area (Å²) in [7, 11) is 1.63. The highest BCUT2D eigenvalue weighted by atomic mass is 32.2. The van der Waals surface area contributed by atoms with E-state index in [-0.39, 0.29) is 17.7 Å². The molecule has 1 aliphatic rings. The maximum Gasteiger partial charge on any atom is 0.277 e. The lowest BCUT2D eigenvalue weighted by Crippen LogP contribution is -2.28. The topological polar surface area (TPSA) is 94.0 Å². The number of methoxy groups -OCH3 is 1. The Bertz CT molecular complexity index is 1310. The molecule has 5 rings (SSSR count). The van der Waals surface area contributed by atoms with Gasteiger partial charge >= 0.3 is 0 Å². The van der Waals surface area contributed by atoms with Crippen molar-refractivity contribution in [2.75, 3.05) is 12.9 Å². The zero-order chi connectivity index (χ0) is 23.5. The van der Waals surface area contributed by atoms with Crippen molar-refractivity contribution in [2.45, 2.75) is 24.6 Å². The van der Waals surface area contributed by atoms with Gasteiger partial charge in [0.2, 0.25) is 0 Å². The Morgan fingerprint density at radius 1 is 1.12 bits per heavy atom. The molecule has 0 fully saturated rings. The van der Waals surface area contributed by atoms with E-state index in [0.29, 0.717) is 23.3 Å². The van der Waals surface area contributed by atoms with E-state index in [9.17, 15) is 4.79 Å². The lowest BCUT2D eigenvalue weighted by atomic mass is 9.98. The zero-order valence-electron chi connectivity index (χ0n) is 18.7. The van der Waals surface area contributed by atoms with Gasteiger partial charge in [-0.05, 0) is 36.2 Å². The van der Waals surface area contributed by atoms with Gasteiger partial charge < -0.3 is 13.6 Å². The fourth-order valence-corrected chi connectivity index (χ4v) is 4.42. The van der Waals surface area contributed by atoms with E-state index >= 15 is 0 Å². The highest BCUT2D eigenvalue weighted by molar-refractivity contribution is 7.99. The fourth-order valence-electron chi connectivity index (χ4n) is 3.80. The number of hydrogen-bond donors (Lipinski definition) is 0. The molecule has 9 heteroatoms. The Labute approximate surface area is 200 Å². The molecule has 4 aromatic rings. The Morgan fingerprint density at radius 3 is 2.62 bits per heavy atom. The number of aromatic nitrogens is 2. The Balaban J connectivity index is 1.34. The van der Waals surface area contributed by atoms with Crippen LogP contribution >= 0.6 is 11.8 Å². The average molecular weight is 475 g/mol. The summed E-state index contributed by atoms with van der Waals surface area (Å²) < 4.78 is 16.3. The van der Waals surface area contributed by atoms with Gasteiger partial charge in [-0.25, -0.2) is 5.01 Å². The molecule has 1 atom stereocenters. The van der Waals surface area contributed by atoms with Crippen LogP contribution in [0.15, 0.2) is 86.1 Å². The SMILES string of the molecule is COc1ccc([C@H]2CC(c3ccccc3)=NN2C(=O)CSc2nnc(-c3ccoc3C)o2)cc1. The molecule has 8 nitrogen and oxygen atoms in total. The van der Waals surface area contributed by atoms with Crippen molar-refractivity contribution < 1.29 is 18.4 Å². The van der Waals surface area contributed by atoms with Gasteiger partial charge in [0.25, 0.3) is 17.0 Å². The number of thioether (sulfide) groups is 1. The molecule has 0 N–H and O–H groups in total. The third kappa shape index (κ3) is 4.47. The van der Waals surface area contributed by atoms with Crippen molar-refractivity contribution >= 4 is 23.4 Å². The predicted molar refractivity (Wildman–Crippen MR) is 128 cm³/mol. The van der Waals surface area contributed by atoms with Crippen LogP contribution in [0, 0.1) is 6.92 Å². The molecule has 1 aliphatic heterocycles. The zero-order valence-corrected chi connectivity index (χ0v) is 19.5. The van der Waals surface area contributed by atoms with Gasteiger partial charge in [-0.2, -0.15) is 5.10 Å². The maximum absolute atomic E-state index is 13.3. The van der Waals surface area contributed by atoms with Crippen LogP contribution in [0.5, 0.6) is 5.75 Å². The van der Waals surface area contributed by atoms with Crippen molar-refractivity contribution in [2.24, 2.45) is 5.10 Å². The number of carbonyl (C=O) groups is 1. The first-order valence-electron chi connectivity index (χ1n) is 10.7. The van der Waals surface area contributed by atoms with Crippen LogP contribution in [0.4, 0.5) is 0 Å². The van der Waals surface area contributed by atoms with Gasteiger partial charge in [-0.1, -0.05) is 54.2 Å². The number of rotatable bonds is 7. The quantitative estimate of drug-likeness (QED) is 0.343. The molecule has 0 bridgehead atoms. The summed E-state index contributed by atoms with van der Waals surface area (Å²) in [5.74, 6) is 1.79. The third-order valence-corrected chi connectivity index (χ3v) is 6.39. The fraction of sp³-hybridized carbons (Fsp3) is 0.200. The summed E-state index contributed by atoms with van der Waals surface area (Å²) in [5.41, 5.74) is 3.60. The van der Waals surface area contributed by atoms with Crippen molar-refractivity contribution in [3.05, 3.63) is 83.8 Å². The Kier molecular flexibility index (Phi) is 6.18. The number of amides is 1. The second kappa shape index (κ2) is 9.56. The van der Waals surface area contributed by atoms with Crippen LogP contribution in [-0.2, 0) is 4.79 Å². The van der Waals surface area contributed by atoms with Crippen molar-refractivity contribution in [1.29, 1.82) is 0 Å². The van der Waals surface area contributed by atoms with Crippen LogP contribution in [0.3, 0.4) is 0 Å². The van der Waals surface area contributed by atoms with Crippen LogP contribution < -0.4 is 4.74 Å². The summed E-state index contributed by atoms with van der Waals surface area (Å²) in [6.07, 6.45) is 2.19. The van der Waals surface area contributed by atoms with E-state index in [1.807, 2.05) is 61.5 Å². The van der Waals surface area contributed by atoms with E-state index in [4.69, 9.17) is 18.7 Å². The number of nitrogens with zero attached hydrogens (tertiary/aromatic N) is 4. The second-order valence-electron chi connectivity index (χ2n) is 7.70. The maximum atomic E-state index is 13.3. The van der Waals surface area contributed by atoms with Crippen LogP contribution in [0.1, 0.15) is 29.3 Å². The van der Waals surface area contributed by atoms with Gasteiger partial charge in [-0.15, -0.1) is 10.2 Å². The monoisotopic (exact) mass is 474 g/mol. The number of hydrazone groups is 1. The van der Waals surface area contributed by atoms with Crippen LogP contribution in [0.25, 0.3) is 11.5 Å². The molecule has 0 spiro atoms. The lowest BCUT2D eigenvalue weighted by molar-refractivity contribution is -0.130. The Morgan fingerprint density at radius 2 is 1.91 bits per heavy atom. The van der Waals surface area contributed by atoms with E-state index < -0.39 is 0 Å². The van der Waals surface area contributed by atoms with Gasteiger partial charge in [0.05, 0.1) is 36.4 Å². The molecule has 2 aromatic heterocycles.